The summed E-state index contributed by atoms with van der Waals surface area (Å²) in [6, 6.07) is 1.27. The van der Waals surface area contributed by atoms with Gasteiger partial charge in [0.1, 0.15) is 0 Å². The zero-order valence-electron chi connectivity index (χ0n) is 10.4. The van der Waals surface area contributed by atoms with Crippen molar-refractivity contribution >= 4 is 0 Å². The standard InChI is InChI=1S/C14H25NO/c1-9(2-3-16)15-14-12-5-10-4-11(7-12)8-13(14)6-10/h9-16H,2-8H2,1H3. The fraction of sp³-hybridized carbons (Fsp3) is 1.00. The molecule has 0 aromatic rings. The molecule has 0 spiro atoms. The lowest BCUT2D eigenvalue weighted by Gasteiger charge is -2.55. The van der Waals surface area contributed by atoms with Crippen molar-refractivity contribution in [3.63, 3.8) is 0 Å². The summed E-state index contributed by atoms with van der Waals surface area (Å²) in [7, 11) is 0. The van der Waals surface area contributed by atoms with Crippen LogP contribution in [0, 0.1) is 23.7 Å². The predicted molar refractivity (Wildman–Crippen MR) is 65.1 cm³/mol. The lowest BCUT2D eigenvalue weighted by atomic mass is 9.54. The summed E-state index contributed by atoms with van der Waals surface area (Å²) in [4.78, 5) is 0. The second kappa shape index (κ2) is 4.30. The Morgan fingerprint density at radius 2 is 1.62 bits per heavy atom. The molecule has 1 unspecified atom stereocenters. The maximum atomic E-state index is 8.98. The first kappa shape index (κ1) is 11.0. The lowest BCUT2D eigenvalue weighted by Crippen LogP contribution is -2.56. The van der Waals surface area contributed by atoms with Gasteiger partial charge in [-0.05, 0) is 69.1 Å². The van der Waals surface area contributed by atoms with Crippen LogP contribution in [0.1, 0.15) is 45.4 Å². The van der Waals surface area contributed by atoms with E-state index in [9.17, 15) is 0 Å². The van der Waals surface area contributed by atoms with Crippen LogP contribution >= 0.6 is 0 Å². The van der Waals surface area contributed by atoms with Crippen LogP contribution in [0.4, 0.5) is 0 Å². The molecule has 4 fully saturated rings. The molecule has 0 aromatic carbocycles. The number of rotatable bonds is 4. The molecule has 4 aliphatic carbocycles. The molecule has 4 saturated carbocycles. The second-order valence-electron chi connectivity index (χ2n) is 6.54. The number of hydrogen-bond donors (Lipinski definition) is 2. The second-order valence-corrected chi connectivity index (χ2v) is 6.54. The summed E-state index contributed by atoms with van der Waals surface area (Å²) >= 11 is 0. The Kier molecular flexibility index (Phi) is 2.97. The van der Waals surface area contributed by atoms with Crippen molar-refractivity contribution in [3.05, 3.63) is 0 Å². The summed E-state index contributed by atoms with van der Waals surface area (Å²) in [6.45, 7) is 2.54. The van der Waals surface area contributed by atoms with Gasteiger partial charge in [-0.2, -0.15) is 0 Å². The van der Waals surface area contributed by atoms with E-state index in [-0.39, 0.29) is 0 Å². The molecule has 4 aliphatic rings. The topological polar surface area (TPSA) is 32.3 Å². The highest BCUT2D eigenvalue weighted by Gasteiger charge is 2.48. The van der Waals surface area contributed by atoms with Crippen LogP contribution in [-0.2, 0) is 0 Å². The van der Waals surface area contributed by atoms with Crippen LogP contribution in [-0.4, -0.2) is 23.8 Å². The summed E-state index contributed by atoms with van der Waals surface area (Å²) in [6.07, 6.45) is 8.37. The first-order valence-corrected chi connectivity index (χ1v) is 7.13. The molecule has 1 atom stereocenters. The molecule has 4 bridgehead atoms. The molecule has 0 radical (unpaired) electrons. The largest absolute Gasteiger partial charge is 0.396 e. The molecule has 0 heterocycles. The summed E-state index contributed by atoms with van der Waals surface area (Å²) in [5.41, 5.74) is 0. The maximum absolute atomic E-state index is 8.98. The Labute approximate surface area is 98.8 Å². The monoisotopic (exact) mass is 223 g/mol. The van der Waals surface area contributed by atoms with Crippen molar-refractivity contribution in [1.82, 2.24) is 5.32 Å². The Balaban J connectivity index is 1.63. The molecule has 0 saturated heterocycles. The van der Waals surface area contributed by atoms with Crippen LogP contribution in [0.15, 0.2) is 0 Å². The highest BCUT2D eigenvalue weighted by atomic mass is 16.3. The molecule has 0 aromatic heterocycles. The van der Waals surface area contributed by atoms with Crippen molar-refractivity contribution in [2.24, 2.45) is 23.7 Å². The SMILES string of the molecule is CC(CCO)NC1C2CC3CC(C2)CC1C3. The fourth-order valence-corrected chi connectivity index (χ4v) is 4.80. The Morgan fingerprint density at radius 1 is 1.06 bits per heavy atom. The first-order valence-electron chi connectivity index (χ1n) is 7.13. The molecule has 2 heteroatoms. The zero-order chi connectivity index (χ0) is 11.1. The van der Waals surface area contributed by atoms with Crippen LogP contribution in [0.2, 0.25) is 0 Å². The van der Waals surface area contributed by atoms with E-state index in [4.69, 9.17) is 5.11 Å². The van der Waals surface area contributed by atoms with Crippen molar-refractivity contribution in [1.29, 1.82) is 0 Å². The minimum atomic E-state index is 0.321. The van der Waals surface area contributed by atoms with Crippen molar-refractivity contribution < 1.29 is 5.11 Å². The van der Waals surface area contributed by atoms with E-state index in [1.807, 2.05) is 0 Å². The quantitative estimate of drug-likeness (QED) is 0.765. The van der Waals surface area contributed by atoms with Gasteiger partial charge in [-0.15, -0.1) is 0 Å². The molecule has 0 amide bonds. The number of aliphatic hydroxyl groups excluding tert-OH is 1. The third kappa shape index (κ3) is 1.91. The molecule has 0 aliphatic heterocycles. The summed E-state index contributed by atoms with van der Waals surface area (Å²) in [5, 5.41) is 12.8. The van der Waals surface area contributed by atoms with E-state index in [0.717, 1.165) is 36.1 Å². The van der Waals surface area contributed by atoms with E-state index in [1.54, 1.807) is 0 Å². The number of hydrogen-bond acceptors (Lipinski definition) is 2. The van der Waals surface area contributed by atoms with Crippen molar-refractivity contribution in [2.75, 3.05) is 6.61 Å². The minimum Gasteiger partial charge on any atom is -0.396 e. The van der Waals surface area contributed by atoms with E-state index >= 15 is 0 Å². The van der Waals surface area contributed by atoms with Crippen LogP contribution in [0.25, 0.3) is 0 Å². The van der Waals surface area contributed by atoms with Gasteiger partial charge >= 0.3 is 0 Å². The average molecular weight is 223 g/mol. The van der Waals surface area contributed by atoms with Gasteiger partial charge in [-0.25, -0.2) is 0 Å². The molecular formula is C14H25NO. The third-order valence-corrected chi connectivity index (χ3v) is 5.27. The van der Waals surface area contributed by atoms with Crippen LogP contribution < -0.4 is 5.32 Å². The Bertz CT molecular complexity index is 225. The van der Waals surface area contributed by atoms with Gasteiger partial charge in [-0.3, -0.25) is 0 Å². The summed E-state index contributed by atoms with van der Waals surface area (Å²) in [5.74, 6) is 4.04. The molecular weight excluding hydrogens is 198 g/mol. The van der Waals surface area contributed by atoms with Crippen molar-refractivity contribution in [2.45, 2.75) is 57.5 Å². The number of aliphatic hydroxyl groups is 1. The van der Waals surface area contributed by atoms with Gasteiger partial charge < -0.3 is 10.4 Å². The summed E-state index contributed by atoms with van der Waals surface area (Å²) < 4.78 is 0. The maximum Gasteiger partial charge on any atom is 0.0445 e. The smallest absolute Gasteiger partial charge is 0.0445 e. The highest BCUT2D eigenvalue weighted by Crippen LogP contribution is 2.53. The fourth-order valence-electron chi connectivity index (χ4n) is 4.80. The van der Waals surface area contributed by atoms with Gasteiger partial charge in [0.05, 0.1) is 0 Å². The van der Waals surface area contributed by atoms with Gasteiger partial charge in [0, 0.05) is 18.7 Å². The Hall–Kier alpha value is -0.0800. The molecule has 92 valence electrons. The molecule has 16 heavy (non-hydrogen) atoms. The highest BCUT2D eigenvalue weighted by molar-refractivity contribution is 5.01. The van der Waals surface area contributed by atoms with Gasteiger partial charge in [-0.1, -0.05) is 0 Å². The average Bonchev–Trinajstić information content (AvgIpc) is 2.23. The van der Waals surface area contributed by atoms with Crippen molar-refractivity contribution in [3.8, 4) is 0 Å². The molecule has 2 N–H and O–H groups in total. The lowest BCUT2D eigenvalue weighted by molar-refractivity contribution is -0.0178. The zero-order valence-corrected chi connectivity index (χ0v) is 10.4. The van der Waals surface area contributed by atoms with E-state index in [0.29, 0.717) is 12.6 Å². The van der Waals surface area contributed by atoms with Crippen LogP contribution in [0.5, 0.6) is 0 Å². The van der Waals surface area contributed by atoms with Crippen LogP contribution in [0.3, 0.4) is 0 Å². The predicted octanol–water partition coefficient (Wildman–Crippen LogP) is 2.17. The van der Waals surface area contributed by atoms with Gasteiger partial charge in [0.25, 0.3) is 0 Å². The molecule has 2 nitrogen and oxygen atoms in total. The molecule has 4 rings (SSSR count). The number of nitrogens with one attached hydrogen (secondary N) is 1. The normalized spacial score (nSPS) is 47.2. The Morgan fingerprint density at radius 3 is 2.12 bits per heavy atom. The minimum absolute atomic E-state index is 0.321. The van der Waals surface area contributed by atoms with E-state index in [1.165, 1.54) is 32.1 Å². The third-order valence-electron chi connectivity index (χ3n) is 5.27. The van der Waals surface area contributed by atoms with E-state index < -0.39 is 0 Å². The van der Waals surface area contributed by atoms with Gasteiger partial charge in [0.15, 0.2) is 0 Å². The first-order chi connectivity index (χ1) is 7.76. The van der Waals surface area contributed by atoms with Gasteiger partial charge in [0.2, 0.25) is 0 Å². The van der Waals surface area contributed by atoms with E-state index in [2.05, 4.69) is 12.2 Å².